The maximum absolute atomic E-state index is 13.0. The third-order valence-electron chi connectivity index (χ3n) is 9.02. The molecule has 11 heteroatoms. The van der Waals surface area contributed by atoms with Crippen molar-refractivity contribution in [1.82, 2.24) is 24.6 Å². The number of nitriles is 1. The number of likely N-dealkylation sites (N-methyl/N-ethyl adjacent to an activating group) is 1. The van der Waals surface area contributed by atoms with E-state index in [4.69, 9.17) is 24.3 Å². The van der Waals surface area contributed by atoms with Crippen molar-refractivity contribution < 1.29 is 19.0 Å². The first-order chi connectivity index (χ1) is 24.5. The summed E-state index contributed by atoms with van der Waals surface area (Å²) in [4.78, 5) is 21.9. The molecule has 3 aromatic carbocycles. The van der Waals surface area contributed by atoms with Gasteiger partial charge in [-0.1, -0.05) is 36.4 Å². The molecular weight excluding hydrogens is 630 g/mol. The number of likely N-dealkylation sites (tertiary alicyclic amines) is 1. The lowest BCUT2D eigenvalue weighted by Gasteiger charge is -2.16. The number of carbonyl (C=O) groups is 1. The first kappa shape index (κ1) is 32.7. The number of nitrogens with zero attached hydrogens (tertiary/aromatic N) is 6. The van der Waals surface area contributed by atoms with Gasteiger partial charge < -0.3 is 24.4 Å². The van der Waals surface area contributed by atoms with E-state index < -0.39 is 0 Å². The second-order valence-corrected chi connectivity index (χ2v) is 12.6. The smallest absolute Gasteiger partial charge is 0.246 e. The van der Waals surface area contributed by atoms with Gasteiger partial charge in [0, 0.05) is 56.1 Å². The molecule has 2 aliphatic rings. The number of nitrogens with one attached hydrogen (secondary N) is 1. The van der Waals surface area contributed by atoms with Crippen LogP contribution in [0.2, 0.25) is 0 Å². The molecule has 1 aliphatic carbocycles. The second-order valence-electron chi connectivity index (χ2n) is 12.6. The van der Waals surface area contributed by atoms with Gasteiger partial charge in [0.25, 0.3) is 0 Å². The first-order valence-corrected chi connectivity index (χ1v) is 16.8. The molecule has 11 nitrogen and oxygen atoms in total. The van der Waals surface area contributed by atoms with E-state index >= 15 is 0 Å². The first-order valence-electron chi connectivity index (χ1n) is 16.8. The average molecular weight is 670 g/mol. The summed E-state index contributed by atoms with van der Waals surface area (Å²) >= 11 is 0. The molecule has 1 N–H and O–H groups in total. The highest BCUT2D eigenvalue weighted by Gasteiger charge is 2.28. The van der Waals surface area contributed by atoms with Crippen LogP contribution in [0.25, 0.3) is 11.0 Å². The average Bonchev–Trinajstić information content (AvgIpc) is 3.80. The van der Waals surface area contributed by atoms with E-state index in [1.165, 1.54) is 12.8 Å². The van der Waals surface area contributed by atoms with E-state index in [1.54, 1.807) is 43.6 Å². The number of para-hydroxylation sites is 1. The van der Waals surface area contributed by atoms with Gasteiger partial charge in [-0.25, -0.2) is 9.67 Å². The van der Waals surface area contributed by atoms with Crippen LogP contribution in [-0.4, -0.2) is 76.3 Å². The van der Waals surface area contributed by atoms with Crippen LogP contribution in [0.5, 0.6) is 28.7 Å². The Labute approximate surface area is 291 Å². The van der Waals surface area contributed by atoms with Gasteiger partial charge in [0.2, 0.25) is 5.91 Å². The summed E-state index contributed by atoms with van der Waals surface area (Å²) in [5.41, 5.74) is 1.97. The molecule has 1 atom stereocenters. The fraction of sp³-hybridized carbons (Fsp3) is 0.282. The molecule has 1 aliphatic heterocycles. The van der Waals surface area contributed by atoms with Crippen molar-refractivity contribution >= 4 is 22.8 Å². The van der Waals surface area contributed by atoms with Crippen molar-refractivity contribution in [3.05, 3.63) is 108 Å². The summed E-state index contributed by atoms with van der Waals surface area (Å²) in [6, 6.07) is 27.0. The number of amides is 1. The van der Waals surface area contributed by atoms with Crippen molar-refractivity contribution in [3.63, 3.8) is 0 Å². The normalized spacial score (nSPS) is 15.8. The third kappa shape index (κ3) is 7.56. The number of hydrogen-bond acceptors (Lipinski definition) is 9. The molecule has 1 amide bonds. The Balaban J connectivity index is 1.15. The monoisotopic (exact) mass is 669 g/mol. The van der Waals surface area contributed by atoms with Crippen LogP contribution in [-0.2, 0) is 11.3 Å². The lowest BCUT2D eigenvalue weighted by molar-refractivity contribution is -0.125. The van der Waals surface area contributed by atoms with Crippen LogP contribution in [0.4, 0.5) is 5.82 Å². The zero-order valence-corrected chi connectivity index (χ0v) is 28.2. The second kappa shape index (κ2) is 14.7. The van der Waals surface area contributed by atoms with E-state index in [0.717, 1.165) is 24.3 Å². The van der Waals surface area contributed by atoms with E-state index in [-0.39, 0.29) is 11.9 Å². The summed E-state index contributed by atoms with van der Waals surface area (Å²) in [6.07, 6.45) is 8.57. The quantitative estimate of drug-likeness (QED) is 0.138. The molecule has 2 fully saturated rings. The number of fused-ring (bicyclic) bond motifs is 1. The molecule has 50 heavy (non-hydrogen) atoms. The Morgan fingerprint density at radius 1 is 1.00 bits per heavy atom. The zero-order chi connectivity index (χ0) is 34.5. The van der Waals surface area contributed by atoms with E-state index in [2.05, 4.69) is 23.3 Å². The van der Waals surface area contributed by atoms with Crippen LogP contribution in [0.1, 0.15) is 30.4 Å². The van der Waals surface area contributed by atoms with Gasteiger partial charge in [-0.3, -0.25) is 9.69 Å². The minimum absolute atomic E-state index is 0.0165. The topological polar surface area (TPSA) is 118 Å². The minimum atomic E-state index is -0.0221. The number of hydrogen-bond donors (Lipinski definition) is 1. The molecule has 0 bridgehead atoms. The van der Waals surface area contributed by atoms with Crippen molar-refractivity contribution in [3.8, 4) is 34.8 Å². The van der Waals surface area contributed by atoms with Crippen LogP contribution in [0.3, 0.4) is 0 Å². The van der Waals surface area contributed by atoms with Crippen molar-refractivity contribution in [2.24, 2.45) is 0 Å². The Bertz CT molecular complexity index is 2030. The Hall–Kier alpha value is -5.86. The molecule has 2 aromatic heterocycles. The molecule has 0 radical (unpaired) electrons. The van der Waals surface area contributed by atoms with E-state index in [0.29, 0.717) is 71.1 Å². The third-order valence-corrected chi connectivity index (χ3v) is 9.02. The van der Waals surface area contributed by atoms with Gasteiger partial charge >= 0.3 is 0 Å². The molecule has 1 saturated carbocycles. The predicted octanol–water partition coefficient (Wildman–Crippen LogP) is 6.61. The maximum Gasteiger partial charge on any atom is 0.246 e. The SMILES string of the molecule is COc1ccc(Cn2nc(N[C@@H]3CCN(C(=O)/C=C/CN(C)C4CC4)C3)c3c(Oc4ccc(Oc5ccccc5)cc4C#N)ccnc32)cc1. The van der Waals surface area contributed by atoms with Crippen LogP contribution < -0.4 is 19.5 Å². The molecule has 0 spiro atoms. The van der Waals surface area contributed by atoms with Gasteiger partial charge in [-0.2, -0.15) is 10.4 Å². The summed E-state index contributed by atoms with van der Waals surface area (Å²) in [7, 11) is 3.74. The number of methoxy groups -OCH3 is 1. The highest BCUT2D eigenvalue weighted by molar-refractivity contribution is 5.94. The molecule has 7 rings (SSSR count). The highest BCUT2D eigenvalue weighted by atomic mass is 16.5. The number of aromatic nitrogens is 3. The number of ether oxygens (including phenoxy) is 3. The lowest BCUT2D eigenvalue weighted by atomic mass is 10.2. The largest absolute Gasteiger partial charge is 0.497 e. The molecule has 1 saturated heterocycles. The molecule has 5 aromatic rings. The van der Waals surface area contributed by atoms with Crippen molar-refractivity contribution in [2.75, 3.05) is 39.1 Å². The van der Waals surface area contributed by atoms with Crippen LogP contribution >= 0.6 is 0 Å². The summed E-state index contributed by atoms with van der Waals surface area (Å²) in [5.74, 6) is 3.47. The number of anilines is 1. The van der Waals surface area contributed by atoms with Gasteiger partial charge in [0.1, 0.15) is 40.2 Å². The summed E-state index contributed by atoms with van der Waals surface area (Å²) in [6.45, 7) is 2.43. The van der Waals surface area contributed by atoms with Crippen LogP contribution in [0.15, 0.2) is 97.2 Å². The zero-order valence-electron chi connectivity index (χ0n) is 28.2. The Kier molecular flexibility index (Phi) is 9.62. The van der Waals surface area contributed by atoms with Gasteiger partial charge in [0.15, 0.2) is 11.5 Å². The highest BCUT2D eigenvalue weighted by Crippen LogP contribution is 2.37. The Morgan fingerprint density at radius 2 is 1.80 bits per heavy atom. The summed E-state index contributed by atoms with van der Waals surface area (Å²) < 4.78 is 19.6. The van der Waals surface area contributed by atoms with Gasteiger partial charge in [0.05, 0.1) is 19.2 Å². The van der Waals surface area contributed by atoms with Gasteiger partial charge in [-0.15, -0.1) is 0 Å². The van der Waals surface area contributed by atoms with E-state index in [1.807, 2.05) is 70.3 Å². The number of benzene rings is 3. The lowest BCUT2D eigenvalue weighted by Crippen LogP contribution is -2.30. The number of pyridine rings is 1. The van der Waals surface area contributed by atoms with Crippen LogP contribution in [0, 0.1) is 11.3 Å². The fourth-order valence-electron chi connectivity index (χ4n) is 6.12. The predicted molar refractivity (Wildman–Crippen MR) is 191 cm³/mol. The van der Waals surface area contributed by atoms with E-state index in [9.17, 15) is 10.1 Å². The van der Waals surface area contributed by atoms with Crippen molar-refractivity contribution in [1.29, 1.82) is 5.26 Å². The molecular formula is C39H39N7O4. The molecule has 0 unspecified atom stereocenters. The molecule has 3 heterocycles. The standard InChI is InChI=1S/C39H39N7O4/c1-44(30-12-13-30)21-6-9-36(47)45-22-19-29(26-45)42-38-37-35(18-20-41-39(37)46(43-38)25-27-10-14-31(48-2)15-11-27)50-34-17-16-33(23-28(34)24-40)49-32-7-4-3-5-8-32/h3-11,14-18,20,23,29-30H,12-13,19,21-22,25-26H2,1-2H3,(H,42,43)/b9-6+/t29-/m1/s1. The van der Waals surface area contributed by atoms with Gasteiger partial charge in [-0.05, 0) is 68.3 Å². The minimum Gasteiger partial charge on any atom is -0.497 e. The maximum atomic E-state index is 13.0. The van der Waals surface area contributed by atoms with Crippen molar-refractivity contribution in [2.45, 2.75) is 37.9 Å². The summed E-state index contributed by atoms with van der Waals surface area (Å²) in [5, 5.41) is 19.3. The number of rotatable bonds is 13. The number of carbonyl (C=O) groups excluding carboxylic acids is 1. The Morgan fingerprint density at radius 3 is 2.56 bits per heavy atom. The fourth-order valence-corrected chi connectivity index (χ4v) is 6.12. The molecule has 254 valence electrons.